The van der Waals surface area contributed by atoms with Crippen LogP contribution in [0.15, 0.2) is 36.5 Å². The smallest absolute Gasteiger partial charge is 0.229 e. The van der Waals surface area contributed by atoms with E-state index in [-0.39, 0.29) is 11.8 Å². The highest BCUT2D eigenvalue weighted by Crippen LogP contribution is 2.26. The number of benzene rings is 1. The first-order valence-corrected chi connectivity index (χ1v) is 7.63. The Hall–Kier alpha value is -2.10. The van der Waals surface area contributed by atoms with Crippen LogP contribution in [0.5, 0.6) is 0 Å². The molecule has 110 valence electrons. The van der Waals surface area contributed by atoms with Crippen molar-refractivity contribution in [2.75, 3.05) is 5.32 Å². The molecule has 1 saturated carbocycles. The fourth-order valence-electron chi connectivity index (χ4n) is 2.98. The Morgan fingerprint density at radius 2 is 1.90 bits per heavy atom. The van der Waals surface area contributed by atoms with Crippen molar-refractivity contribution in [2.45, 2.75) is 32.1 Å². The lowest BCUT2D eigenvalue weighted by Crippen LogP contribution is -2.26. The number of nitrogens with one attached hydrogen (secondary N) is 1. The first-order chi connectivity index (χ1) is 10.3. The minimum absolute atomic E-state index is 0.114. The molecule has 2 aromatic rings. The van der Waals surface area contributed by atoms with Gasteiger partial charge in [-0.15, -0.1) is 0 Å². The lowest BCUT2D eigenvalue weighted by molar-refractivity contribution is -0.120. The second-order valence-corrected chi connectivity index (χ2v) is 5.72. The molecule has 0 atom stereocenters. The number of rotatable bonds is 3. The van der Waals surface area contributed by atoms with Crippen molar-refractivity contribution in [1.29, 1.82) is 0 Å². The number of carbonyl (C=O) groups excluding carboxylic acids is 1. The molecule has 4 nitrogen and oxygen atoms in total. The van der Waals surface area contributed by atoms with E-state index < -0.39 is 0 Å². The van der Waals surface area contributed by atoms with Gasteiger partial charge in [-0.05, 0) is 18.4 Å². The third kappa shape index (κ3) is 2.99. The van der Waals surface area contributed by atoms with Crippen molar-refractivity contribution in [3.05, 3.63) is 36.5 Å². The maximum atomic E-state index is 12.3. The number of aromatic nitrogens is 2. The molecule has 1 N–H and O–H groups in total. The van der Waals surface area contributed by atoms with Gasteiger partial charge in [0.1, 0.15) is 0 Å². The van der Waals surface area contributed by atoms with E-state index in [1.165, 1.54) is 6.42 Å². The number of carbonyl (C=O) groups is 1. The second kappa shape index (κ2) is 6.12. The number of nitrogens with zero attached hydrogens (tertiary/aromatic N) is 2. The molecular formula is C17H21N3O. The zero-order valence-corrected chi connectivity index (χ0v) is 12.4. The highest BCUT2D eigenvalue weighted by molar-refractivity contribution is 5.91. The Bertz CT molecular complexity index is 612. The van der Waals surface area contributed by atoms with Crippen LogP contribution in [0.3, 0.4) is 0 Å². The molecule has 1 fully saturated rings. The summed E-state index contributed by atoms with van der Waals surface area (Å²) in [5.74, 6) is 0.892. The van der Waals surface area contributed by atoms with Crippen LogP contribution < -0.4 is 5.32 Å². The van der Waals surface area contributed by atoms with E-state index in [1.54, 1.807) is 0 Å². The van der Waals surface area contributed by atoms with Gasteiger partial charge in [0.15, 0.2) is 0 Å². The van der Waals surface area contributed by atoms with Crippen LogP contribution in [0.4, 0.5) is 5.95 Å². The highest BCUT2D eigenvalue weighted by Gasteiger charge is 2.22. The lowest BCUT2D eigenvalue weighted by Gasteiger charge is -2.20. The van der Waals surface area contributed by atoms with Gasteiger partial charge in [-0.25, -0.2) is 4.98 Å². The molecule has 0 saturated heterocycles. The van der Waals surface area contributed by atoms with Crippen LogP contribution in [0.25, 0.3) is 11.3 Å². The maximum absolute atomic E-state index is 12.3. The van der Waals surface area contributed by atoms with Crippen molar-refractivity contribution < 1.29 is 4.79 Å². The summed E-state index contributed by atoms with van der Waals surface area (Å²) in [6.45, 7) is 0. The average molecular weight is 283 g/mol. The second-order valence-electron chi connectivity index (χ2n) is 5.72. The van der Waals surface area contributed by atoms with Gasteiger partial charge in [0.25, 0.3) is 0 Å². The molecule has 0 aliphatic heterocycles. The summed E-state index contributed by atoms with van der Waals surface area (Å²) in [7, 11) is 1.94. The van der Waals surface area contributed by atoms with E-state index in [4.69, 9.17) is 0 Å². The Balaban J connectivity index is 1.75. The molecule has 1 aliphatic carbocycles. The molecule has 0 unspecified atom stereocenters. The third-order valence-electron chi connectivity index (χ3n) is 4.27. The monoisotopic (exact) mass is 283 g/mol. The van der Waals surface area contributed by atoms with Gasteiger partial charge >= 0.3 is 0 Å². The molecule has 1 aromatic carbocycles. The van der Waals surface area contributed by atoms with Gasteiger partial charge in [-0.3, -0.25) is 10.1 Å². The predicted octanol–water partition coefficient (Wildman–Crippen LogP) is 3.61. The normalized spacial score (nSPS) is 15.9. The van der Waals surface area contributed by atoms with Crippen LogP contribution in [-0.2, 0) is 11.8 Å². The van der Waals surface area contributed by atoms with Crippen LogP contribution in [0.2, 0.25) is 0 Å². The van der Waals surface area contributed by atoms with Crippen molar-refractivity contribution in [1.82, 2.24) is 9.55 Å². The SMILES string of the molecule is Cn1c(-c2ccccc2)cnc1NC(=O)C1CCCCC1. The molecule has 1 heterocycles. The zero-order valence-electron chi connectivity index (χ0n) is 12.4. The van der Waals surface area contributed by atoms with Crippen molar-refractivity contribution in [3.8, 4) is 11.3 Å². The predicted molar refractivity (Wildman–Crippen MR) is 83.8 cm³/mol. The maximum Gasteiger partial charge on any atom is 0.229 e. The van der Waals surface area contributed by atoms with Gasteiger partial charge in [0.2, 0.25) is 11.9 Å². The first kappa shape index (κ1) is 13.9. The van der Waals surface area contributed by atoms with E-state index in [1.807, 2.05) is 48.1 Å². The number of amides is 1. The standard InChI is InChI=1S/C17H21N3O/c1-20-15(13-8-4-2-5-9-13)12-18-17(20)19-16(21)14-10-6-3-7-11-14/h2,4-5,8-9,12,14H,3,6-7,10-11H2,1H3,(H,18,19,21). The number of hydrogen-bond acceptors (Lipinski definition) is 2. The van der Waals surface area contributed by atoms with Gasteiger partial charge < -0.3 is 4.57 Å². The molecule has 1 amide bonds. The van der Waals surface area contributed by atoms with E-state index >= 15 is 0 Å². The Morgan fingerprint density at radius 3 is 2.62 bits per heavy atom. The summed E-state index contributed by atoms with van der Waals surface area (Å²) in [6, 6.07) is 10.1. The number of imidazole rings is 1. The molecule has 0 radical (unpaired) electrons. The van der Waals surface area contributed by atoms with Crippen LogP contribution in [-0.4, -0.2) is 15.5 Å². The molecule has 3 rings (SSSR count). The zero-order chi connectivity index (χ0) is 14.7. The quantitative estimate of drug-likeness (QED) is 0.935. The Kier molecular flexibility index (Phi) is 4.04. The van der Waals surface area contributed by atoms with E-state index in [0.717, 1.165) is 36.9 Å². The Morgan fingerprint density at radius 1 is 1.19 bits per heavy atom. The third-order valence-corrected chi connectivity index (χ3v) is 4.27. The highest BCUT2D eigenvalue weighted by atomic mass is 16.2. The summed E-state index contributed by atoms with van der Waals surface area (Å²) in [5, 5.41) is 2.98. The van der Waals surface area contributed by atoms with E-state index in [0.29, 0.717) is 5.95 Å². The first-order valence-electron chi connectivity index (χ1n) is 7.63. The Labute approximate surface area is 125 Å². The molecule has 1 aliphatic rings. The van der Waals surface area contributed by atoms with Gasteiger partial charge in [-0.1, -0.05) is 49.6 Å². The van der Waals surface area contributed by atoms with Crippen molar-refractivity contribution >= 4 is 11.9 Å². The topological polar surface area (TPSA) is 46.9 Å². The van der Waals surface area contributed by atoms with E-state index in [2.05, 4.69) is 10.3 Å². The van der Waals surface area contributed by atoms with Crippen LogP contribution in [0.1, 0.15) is 32.1 Å². The molecule has 0 spiro atoms. The van der Waals surface area contributed by atoms with Crippen LogP contribution >= 0.6 is 0 Å². The molecule has 21 heavy (non-hydrogen) atoms. The van der Waals surface area contributed by atoms with Crippen molar-refractivity contribution in [3.63, 3.8) is 0 Å². The summed E-state index contributed by atoms with van der Waals surface area (Å²) in [5.41, 5.74) is 2.11. The molecule has 0 bridgehead atoms. The van der Waals surface area contributed by atoms with Gasteiger partial charge in [-0.2, -0.15) is 0 Å². The molecular weight excluding hydrogens is 262 g/mol. The van der Waals surface area contributed by atoms with Crippen molar-refractivity contribution in [2.24, 2.45) is 13.0 Å². The summed E-state index contributed by atoms with van der Waals surface area (Å²) >= 11 is 0. The van der Waals surface area contributed by atoms with Gasteiger partial charge in [0, 0.05) is 13.0 Å². The van der Waals surface area contributed by atoms with Crippen LogP contribution in [0, 0.1) is 5.92 Å². The summed E-state index contributed by atoms with van der Waals surface area (Å²) in [4.78, 5) is 16.7. The number of anilines is 1. The molecule has 4 heteroatoms. The summed E-state index contributed by atoms with van der Waals surface area (Å²) in [6.07, 6.45) is 7.39. The fraction of sp³-hybridized carbons (Fsp3) is 0.412. The average Bonchev–Trinajstić information content (AvgIpc) is 2.90. The van der Waals surface area contributed by atoms with Gasteiger partial charge in [0.05, 0.1) is 11.9 Å². The molecule has 1 aromatic heterocycles. The largest absolute Gasteiger partial charge is 0.313 e. The van der Waals surface area contributed by atoms with E-state index in [9.17, 15) is 4.79 Å². The number of hydrogen-bond donors (Lipinski definition) is 1. The lowest BCUT2D eigenvalue weighted by atomic mass is 9.89. The minimum Gasteiger partial charge on any atom is -0.313 e. The minimum atomic E-state index is 0.114. The fourth-order valence-corrected chi connectivity index (χ4v) is 2.98. The summed E-state index contributed by atoms with van der Waals surface area (Å²) < 4.78 is 1.94.